The van der Waals surface area contributed by atoms with Crippen molar-refractivity contribution in [2.45, 2.75) is 39.0 Å². The molecule has 0 spiro atoms. The van der Waals surface area contributed by atoms with Crippen LogP contribution in [0, 0.1) is 0 Å². The Bertz CT molecular complexity index is 866. The van der Waals surface area contributed by atoms with Crippen LogP contribution >= 0.6 is 0 Å². The van der Waals surface area contributed by atoms with Gasteiger partial charge in [-0.3, -0.25) is 9.59 Å². The number of nitrogens with zero attached hydrogens (tertiary/aromatic N) is 1. The van der Waals surface area contributed by atoms with Gasteiger partial charge >= 0.3 is 0 Å². The summed E-state index contributed by atoms with van der Waals surface area (Å²) in [5.41, 5.74) is 1.93. The average Bonchev–Trinajstić information content (AvgIpc) is 2.74. The normalized spacial score (nSPS) is 13.9. The first-order valence-corrected chi connectivity index (χ1v) is 10.1. The number of hydrogen-bond donors (Lipinski definition) is 1. The molecule has 0 aromatic heterocycles. The van der Waals surface area contributed by atoms with E-state index in [0.29, 0.717) is 42.3 Å². The van der Waals surface area contributed by atoms with Gasteiger partial charge in [0, 0.05) is 29.9 Å². The number of carbonyl (C=O) groups is 2. The predicted octanol–water partition coefficient (Wildman–Crippen LogP) is 4.64. The van der Waals surface area contributed by atoms with Crippen LogP contribution in [-0.4, -0.2) is 32.1 Å². The Morgan fingerprint density at radius 2 is 2.00 bits per heavy atom. The zero-order chi connectivity index (χ0) is 20.6. The lowest BCUT2D eigenvalue weighted by atomic mass is 10.1. The van der Waals surface area contributed by atoms with E-state index < -0.39 is 0 Å². The summed E-state index contributed by atoms with van der Waals surface area (Å²) in [6, 6.07) is 12.5. The third-order valence-corrected chi connectivity index (χ3v) is 4.92. The molecule has 29 heavy (non-hydrogen) atoms. The van der Waals surface area contributed by atoms with Crippen molar-refractivity contribution in [1.29, 1.82) is 0 Å². The number of carbonyl (C=O) groups excluding carboxylic acids is 2. The lowest BCUT2D eigenvalue weighted by Crippen LogP contribution is -2.35. The van der Waals surface area contributed by atoms with Crippen LogP contribution in [0.4, 0.5) is 11.4 Å². The molecule has 0 atom stereocenters. The highest BCUT2D eigenvalue weighted by Gasteiger charge is 2.20. The van der Waals surface area contributed by atoms with Gasteiger partial charge in [-0.15, -0.1) is 0 Å². The number of piperidine rings is 1. The molecule has 0 unspecified atom stereocenters. The topological polar surface area (TPSA) is 67.9 Å². The molecule has 6 nitrogen and oxygen atoms in total. The minimum absolute atomic E-state index is 0.128. The number of unbranched alkanes of at least 4 members (excludes halogenated alkanes) is 1. The summed E-state index contributed by atoms with van der Waals surface area (Å²) >= 11 is 0. The Morgan fingerprint density at radius 3 is 2.76 bits per heavy atom. The van der Waals surface area contributed by atoms with Gasteiger partial charge < -0.3 is 19.7 Å². The molecule has 0 aliphatic carbocycles. The van der Waals surface area contributed by atoms with Gasteiger partial charge in [0.05, 0.1) is 13.7 Å². The van der Waals surface area contributed by atoms with Crippen LogP contribution in [0.2, 0.25) is 0 Å². The maximum Gasteiger partial charge on any atom is 0.255 e. The number of amides is 2. The van der Waals surface area contributed by atoms with E-state index in [1.807, 2.05) is 24.3 Å². The van der Waals surface area contributed by atoms with Gasteiger partial charge in [0.25, 0.3) is 5.91 Å². The minimum Gasteiger partial charge on any atom is -0.493 e. The van der Waals surface area contributed by atoms with E-state index in [2.05, 4.69) is 12.2 Å². The molecule has 1 fully saturated rings. The zero-order valence-electron chi connectivity index (χ0n) is 17.1. The van der Waals surface area contributed by atoms with Gasteiger partial charge in [-0.05, 0) is 55.7 Å². The van der Waals surface area contributed by atoms with Crippen LogP contribution in [0.25, 0.3) is 0 Å². The van der Waals surface area contributed by atoms with Crippen molar-refractivity contribution >= 4 is 23.2 Å². The molecule has 0 saturated carbocycles. The molecule has 2 aromatic rings. The van der Waals surface area contributed by atoms with Crippen molar-refractivity contribution in [3.05, 3.63) is 48.0 Å². The number of anilines is 2. The van der Waals surface area contributed by atoms with Crippen LogP contribution in [0.1, 0.15) is 49.4 Å². The summed E-state index contributed by atoms with van der Waals surface area (Å²) < 4.78 is 11.1. The van der Waals surface area contributed by atoms with Crippen molar-refractivity contribution in [3.63, 3.8) is 0 Å². The number of hydrogen-bond acceptors (Lipinski definition) is 4. The second kappa shape index (κ2) is 9.96. The molecular formula is C23H28N2O4. The molecule has 3 rings (SSSR count). The Kier molecular flexibility index (Phi) is 7.11. The van der Waals surface area contributed by atoms with Gasteiger partial charge in [0.1, 0.15) is 0 Å². The standard InChI is InChI=1S/C23H28N2O4/c1-3-4-14-29-20-12-11-17(15-21(20)28-2)23(27)24-18-8-7-9-19(16-18)25-13-6-5-10-22(25)26/h7-9,11-12,15-16H,3-6,10,13-14H2,1-2H3,(H,24,27). The molecule has 2 aromatic carbocycles. The fraction of sp³-hybridized carbons (Fsp3) is 0.391. The monoisotopic (exact) mass is 396 g/mol. The molecule has 1 aliphatic heterocycles. The second-order valence-electron chi connectivity index (χ2n) is 7.07. The van der Waals surface area contributed by atoms with Gasteiger partial charge in [-0.1, -0.05) is 19.4 Å². The molecule has 0 bridgehead atoms. The third-order valence-electron chi connectivity index (χ3n) is 4.92. The number of ether oxygens (including phenoxy) is 2. The quantitative estimate of drug-likeness (QED) is 0.660. The van der Waals surface area contributed by atoms with E-state index in [1.54, 1.807) is 30.2 Å². The van der Waals surface area contributed by atoms with Crippen molar-refractivity contribution in [2.75, 3.05) is 30.5 Å². The number of nitrogens with one attached hydrogen (secondary N) is 1. The van der Waals surface area contributed by atoms with Crippen LogP contribution in [-0.2, 0) is 4.79 Å². The van der Waals surface area contributed by atoms with Gasteiger partial charge in [0.15, 0.2) is 11.5 Å². The van der Waals surface area contributed by atoms with Gasteiger partial charge in [-0.25, -0.2) is 0 Å². The Balaban J connectivity index is 1.71. The average molecular weight is 396 g/mol. The zero-order valence-corrected chi connectivity index (χ0v) is 17.1. The highest BCUT2D eigenvalue weighted by molar-refractivity contribution is 6.05. The van der Waals surface area contributed by atoms with Gasteiger partial charge in [0.2, 0.25) is 5.91 Å². The highest BCUT2D eigenvalue weighted by Crippen LogP contribution is 2.29. The molecule has 6 heteroatoms. The van der Waals surface area contributed by atoms with E-state index in [9.17, 15) is 9.59 Å². The molecule has 1 saturated heterocycles. The summed E-state index contributed by atoms with van der Waals surface area (Å²) in [4.78, 5) is 26.7. The Morgan fingerprint density at radius 1 is 1.14 bits per heavy atom. The molecule has 2 amide bonds. The number of benzene rings is 2. The summed E-state index contributed by atoms with van der Waals surface area (Å²) in [6.07, 6.45) is 4.51. The maximum absolute atomic E-state index is 12.7. The van der Waals surface area contributed by atoms with Crippen LogP contribution in [0.15, 0.2) is 42.5 Å². The molecule has 1 aliphatic rings. The Labute approximate surface area is 171 Å². The lowest BCUT2D eigenvalue weighted by Gasteiger charge is -2.27. The first-order valence-electron chi connectivity index (χ1n) is 10.1. The summed E-state index contributed by atoms with van der Waals surface area (Å²) in [7, 11) is 1.56. The van der Waals surface area contributed by atoms with Gasteiger partial charge in [-0.2, -0.15) is 0 Å². The maximum atomic E-state index is 12.7. The summed E-state index contributed by atoms with van der Waals surface area (Å²) in [5.74, 6) is 1.04. The molecule has 1 N–H and O–H groups in total. The van der Waals surface area contributed by atoms with Crippen LogP contribution in [0.5, 0.6) is 11.5 Å². The predicted molar refractivity (Wildman–Crippen MR) is 114 cm³/mol. The molecule has 1 heterocycles. The van der Waals surface area contributed by atoms with E-state index in [4.69, 9.17) is 9.47 Å². The fourth-order valence-electron chi connectivity index (χ4n) is 3.29. The van der Waals surface area contributed by atoms with E-state index in [-0.39, 0.29) is 11.8 Å². The lowest BCUT2D eigenvalue weighted by molar-refractivity contribution is -0.119. The second-order valence-corrected chi connectivity index (χ2v) is 7.07. The minimum atomic E-state index is -0.245. The number of methoxy groups -OCH3 is 1. The SMILES string of the molecule is CCCCOc1ccc(C(=O)Nc2cccc(N3CCCCC3=O)c2)cc1OC. The first kappa shape index (κ1) is 20.7. The van der Waals surface area contributed by atoms with Crippen molar-refractivity contribution in [3.8, 4) is 11.5 Å². The molecule has 154 valence electrons. The first-order chi connectivity index (χ1) is 14.1. The fourth-order valence-corrected chi connectivity index (χ4v) is 3.29. The van der Waals surface area contributed by atoms with Crippen molar-refractivity contribution in [1.82, 2.24) is 0 Å². The molecular weight excluding hydrogens is 368 g/mol. The summed E-state index contributed by atoms with van der Waals surface area (Å²) in [6.45, 7) is 3.43. The van der Waals surface area contributed by atoms with E-state index in [1.165, 1.54) is 0 Å². The third kappa shape index (κ3) is 5.28. The van der Waals surface area contributed by atoms with E-state index in [0.717, 1.165) is 31.4 Å². The highest BCUT2D eigenvalue weighted by atomic mass is 16.5. The van der Waals surface area contributed by atoms with Crippen LogP contribution < -0.4 is 19.7 Å². The Hall–Kier alpha value is -3.02. The van der Waals surface area contributed by atoms with Crippen LogP contribution in [0.3, 0.4) is 0 Å². The largest absolute Gasteiger partial charge is 0.493 e. The summed E-state index contributed by atoms with van der Waals surface area (Å²) in [5, 5.41) is 2.90. The van der Waals surface area contributed by atoms with E-state index >= 15 is 0 Å². The van der Waals surface area contributed by atoms with Crippen molar-refractivity contribution in [2.24, 2.45) is 0 Å². The smallest absolute Gasteiger partial charge is 0.255 e. The molecule has 0 radical (unpaired) electrons. The van der Waals surface area contributed by atoms with Crippen molar-refractivity contribution < 1.29 is 19.1 Å². The number of rotatable bonds is 8.